The SMILES string of the molecule is CCN(Cc1ccc2[nH]ccc2c1)C(=O)NCCc1cscn1. The van der Waals surface area contributed by atoms with Crippen LogP contribution in [0.5, 0.6) is 0 Å². The number of H-pyrrole nitrogens is 1. The Hall–Kier alpha value is -2.34. The van der Waals surface area contributed by atoms with Crippen LogP contribution in [0.25, 0.3) is 10.9 Å². The molecule has 0 fully saturated rings. The Kier molecular flexibility index (Phi) is 4.92. The van der Waals surface area contributed by atoms with Crippen LogP contribution >= 0.6 is 11.3 Å². The van der Waals surface area contributed by atoms with Gasteiger partial charge in [-0.05, 0) is 36.1 Å². The van der Waals surface area contributed by atoms with E-state index in [2.05, 4.69) is 33.5 Å². The molecule has 0 atom stereocenters. The molecule has 0 aliphatic rings. The Balaban J connectivity index is 1.56. The fraction of sp³-hybridized carbons (Fsp3) is 0.294. The molecule has 0 aliphatic heterocycles. The molecule has 2 amide bonds. The van der Waals surface area contributed by atoms with Crippen LogP contribution in [0.4, 0.5) is 4.79 Å². The fourth-order valence-corrected chi connectivity index (χ4v) is 3.11. The minimum absolute atomic E-state index is 0.0307. The summed E-state index contributed by atoms with van der Waals surface area (Å²) < 4.78 is 0. The van der Waals surface area contributed by atoms with Crippen molar-refractivity contribution in [1.82, 2.24) is 20.2 Å². The van der Waals surface area contributed by atoms with E-state index in [0.29, 0.717) is 19.6 Å². The quantitative estimate of drug-likeness (QED) is 0.728. The monoisotopic (exact) mass is 328 g/mol. The smallest absolute Gasteiger partial charge is 0.317 e. The average Bonchev–Trinajstić information content (AvgIpc) is 3.23. The predicted octanol–water partition coefficient (Wildman–Crippen LogP) is 3.40. The molecule has 3 rings (SSSR count). The summed E-state index contributed by atoms with van der Waals surface area (Å²) in [6.07, 6.45) is 2.69. The molecular weight excluding hydrogens is 308 g/mol. The first-order valence-electron chi connectivity index (χ1n) is 7.72. The van der Waals surface area contributed by atoms with Crippen molar-refractivity contribution in [3.05, 3.63) is 52.6 Å². The summed E-state index contributed by atoms with van der Waals surface area (Å²) in [5, 5.41) is 6.15. The number of nitrogens with one attached hydrogen (secondary N) is 2. The Morgan fingerprint density at radius 1 is 1.39 bits per heavy atom. The molecule has 0 bridgehead atoms. The van der Waals surface area contributed by atoms with Gasteiger partial charge in [-0.15, -0.1) is 11.3 Å². The number of fused-ring (bicyclic) bond motifs is 1. The number of aromatic amines is 1. The van der Waals surface area contributed by atoms with Crippen molar-refractivity contribution in [1.29, 1.82) is 0 Å². The lowest BCUT2D eigenvalue weighted by atomic mass is 10.1. The van der Waals surface area contributed by atoms with Gasteiger partial charge in [0.2, 0.25) is 0 Å². The maximum Gasteiger partial charge on any atom is 0.317 e. The second-order valence-corrected chi connectivity index (χ2v) is 6.09. The van der Waals surface area contributed by atoms with Gasteiger partial charge in [0.25, 0.3) is 0 Å². The summed E-state index contributed by atoms with van der Waals surface area (Å²) in [5.41, 5.74) is 5.08. The molecule has 0 saturated heterocycles. The lowest BCUT2D eigenvalue weighted by Crippen LogP contribution is -2.40. The average molecular weight is 328 g/mol. The summed E-state index contributed by atoms with van der Waals surface area (Å²) in [6.45, 7) is 3.89. The van der Waals surface area contributed by atoms with Crippen molar-refractivity contribution in [2.45, 2.75) is 19.9 Å². The van der Waals surface area contributed by atoms with E-state index in [1.807, 2.05) is 35.0 Å². The fourth-order valence-electron chi connectivity index (χ4n) is 2.52. The van der Waals surface area contributed by atoms with Gasteiger partial charge < -0.3 is 15.2 Å². The molecule has 23 heavy (non-hydrogen) atoms. The summed E-state index contributed by atoms with van der Waals surface area (Å²) in [6, 6.07) is 8.25. The van der Waals surface area contributed by atoms with E-state index in [1.165, 1.54) is 5.39 Å². The van der Waals surface area contributed by atoms with Gasteiger partial charge in [-0.2, -0.15) is 0 Å². The molecule has 0 saturated carbocycles. The molecule has 0 radical (unpaired) electrons. The predicted molar refractivity (Wildman–Crippen MR) is 93.6 cm³/mol. The Bertz CT molecular complexity index is 766. The number of carbonyl (C=O) groups is 1. The van der Waals surface area contributed by atoms with Gasteiger partial charge in [0.15, 0.2) is 0 Å². The Morgan fingerprint density at radius 3 is 3.09 bits per heavy atom. The second-order valence-electron chi connectivity index (χ2n) is 5.38. The number of thiazole rings is 1. The molecule has 0 aliphatic carbocycles. The molecule has 1 aromatic carbocycles. The molecule has 120 valence electrons. The molecule has 0 unspecified atom stereocenters. The highest BCUT2D eigenvalue weighted by Gasteiger charge is 2.12. The van der Waals surface area contributed by atoms with Crippen molar-refractivity contribution < 1.29 is 4.79 Å². The van der Waals surface area contributed by atoms with E-state index in [4.69, 9.17) is 0 Å². The number of hydrogen-bond donors (Lipinski definition) is 2. The summed E-state index contributed by atoms with van der Waals surface area (Å²) in [7, 11) is 0. The van der Waals surface area contributed by atoms with E-state index in [1.54, 1.807) is 11.3 Å². The number of benzene rings is 1. The van der Waals surface area contributed by atoms with Crippen LogP contribution in [0, 0.1) is 0 Å². The minimum atomic E-state index is -0.0307. The van der Waals surface area contributed by atoms with Crippen LogP contribution in [-0.4, -0.2) is 34.0 Å². The Morgan fingerprint density at radius 2 is 2.30 bits per heavy atom. The number of hydrogen-bond acceptors (Lipinski definition) is 3. The first-order valence-corrected chi connectivity index (χ1v) is 8.66. The first kappa shape index (κ1) is 15.6. The number of urea groups is 1. The van der Waals surface area contributed by atoms with Gasteiger partial charge in [0.05, 0.1) is 11.2 Å². The van der Waals surface area contributed by atoms with Gasteiger partial charge in [0, 0.05) is 43.1 Å². The maximum atomic E-state index is 12.3. The van der Waals surface area contributed by atoms with Crippen LogP contribution in [0.15, 0.2) is 41.4 Å². The van der Waals surface area contributed by atoms with Gasteiger partial charge in [-0.25, -0.2) is 9.78 Å². The molecule has 2 heterocycles. The van der Waals surface area contributed by atoms with E-state index in [-0.39, 0.29) is 6.03 Å². The minimum Gasteiger partial charge on any atom is -0.361 e. The van der Waals surface area contributed by atoms with Crippen LogP contribution in [0.1, 0.15) is 18.2 Å². The van der Waals surface area contributed by atoms with Crippen molar-refractivity contribution in [3.8, 4) is 0 Å². The Labute approximate surface area is 139 Å². The van der Waals surface area contributed by atoms with Crippen LogP contribution in [0.3, 0.4) is 0 Å². The van der Waals surface area contributed by atoms with Crippen molar-refractivity contribution in [2.24, 2.45) is 0 Å². The molecule has 6 heteroatoms. The van der Waals surface area contributed by atoms with Crippen LogP contribution in [-0.2, 0) is 13.0 Å². The molecule has 2 aromatic heterocycles. The topological polar surface area (TPSA) is 61.0 Å². The third-order valence-corrected chi connectivity index (χ3v) is 4.44. The highest BCUT2D eigenvalue weighted by atomic mass is 32.1. The maximum absolute atomic E-state index is 12.3. The van der Waals surface area contributed by atoms with Crippen molar-refractivity contribution in [3.63, 3.8) is 0 Å². The summed E-state index contributed by atoms with van der Waals surface area (Å²) in [5.74, 6) is 0. The molecule has 2 N–H and O–H groups in total. The zero-order valence-electron chi connectivity index (χ0n) is 13.1. The third kappa shape index (κ3) is 3.90. The number of carbonyl (C=O) groups excluding carboxylic acids is 1. The summed E-state index contributed by atoms with van der Waals surface area (Å²) in [4.78, 5) is 21.5. The molecule has 0 spiro atoms. The van der Waals surface area contributed by atoms with E-state index < -0.39 is 0 Å². The lowest BCUT2D eigenvalue weighted by Gasteiger charge is -2.21. The molecular formula is C17H20N4OS. The van der Waals surface area contributed by atoms with Crippen LogP contribution in [0.2, 0.25) is 0 Å². The third-order valence-electron chi connectivity index (χ3n) is 3.80. The van der Waals surface area contributed by atoms with Gasteiger partial charge >= 0.3 is 6.03 Å². The molecule has 5 nitrogen and oxygen atoms in total. The number of amides is 2. The summed E-state index contributed by atoms with van der Waals surface area (Å²) >= 11 is 1.58. The highest BCUT2D eigenvalue weighted by molar-refractivity contribution is 7.07. The lowest BCUT2D eigenvalue weighted by molar-refractivity contribution is 0.198. The first-order chi connectivity index (χ1) is 11.3. The normalized spacial score (nSPS) is 10.8. The van der Waals surface area contributed by atoms with E-state index in [9.17, 15) is 4.79 Å². The standard InChI is InChI=1S/C17H20N4OS/c1-2-21(17(22)19-8-6-15-11-23-12-20-15)10-13-3-4-16-14(9-13)5-7-18-16/h3-5,7,9,11-12,18H,2,6,8,10H2,1H3,(H,19,22). The van der Waals surface area contributed by atoms with Crippen molar-refractivity contribution in [2.75, 3.05) is 13.1 Å². The van der Waals surface area contributed by atoms with Gasteiger partial charge in [0.1, 0.15) is 0 Å². The van der Waals surface area contributed by atoms with E-state index in [0.717, 1.165) is 23.2 Å². The van der Waals surface area contributed by atoms with Crippen molar-refractivity contribution >= 4 is 28.3 Å². The van der Waals surface area contributed by atoms with E-state index >= 15 is 0 Å². The number of nitrogens with zero attached hydrogens (tertiary/aromatic N) is 2. The largest absolute Gasteiger partial charge is 0.361 e. The second kappa shape index (κ2) is 7.28. The number of aromatic nitrogens is 2. The highest BCUT2D eigenvalue weighted by Crippen LogP contribution is 2.15. The number of rotatable bonds is 6. The van der Waals surface area contributed by atoms with Gasteiger partial charge in [-0.1, -0.05) is 6.07 Å². The zero-order chi connectivity index (χ0) is 16.1. The van der Waals surface area contributed by atoms with Crippen LogP contribution < -0.4 is 5.32 Å². The molecule has 3 aromatic rings. The van der Waals surface area contributed by atoms with Gasteiger partial charge in [-0.3, -0.25) is 0 Å². The zero-order valence-corrected chi connectivity index (χ0v) is 13.9.